The molecule has 1 heterocycles. The summed E-state index contributed by atoms with van der Waals surface area (Å²) in [5, 5.41) is 8.73. The quantitative estimate of drug-likeness (QED) is 0.843. The predicted octanol–water partition coefficient (Wildman–Crippen LogP) is 2.20. The van der Waals surface area contributed by atoms with Gasteiger partial charge in [-0.1, -0.05) is 6.07 Å². The second-order valence-corrected chi connectivity index (χ2v) is 3.45. The molecule has 90 valence electrons. The Hall–Kier alpha value is -2.39. The highest BCUT2D eigenvalue weighted by atomic mass is 35.5. The summed E-state index contributed by atoms with van der Waals surface area (Å²) in [5.74, 6) is 0.429. The van der Waals surface area contributed by atoms with Crippen LogP contribution in [-0.4, -0.2) is 22.1 Å². The zero-order valence-electron chi connectivity index (χ0n) is 9.29. The van der Waals surface area contributed by atoms with E-state index in [0.29, 0.717) is 11.3 Å². The van der Waals surface area contributed by atoms with Crippen LogP contribution in [0.3, 0.4) is 0 Å². The predicted molar refractivity (Wildman–Crippen MR) is 62.6 cm³/mol. The molecule has 0 atom stereocenters. The van der Waals surface area contributed by atoms with Gasteiger partial charge in [0.05, 0.1) is 18.7 Å². The Bertz CT molecular complexity index is 612. The van der Waals surface area contributed by atoms with E-state index in [1.54, 1.807) is 24.3 Å². The average Bonchev–Trinajstić information content (AvgIpc) is 2.38. The van der Waals surface area contributed by atoms with Gasteiger partial charge in [-0.15, -0.1) is 4.98 Å². The molecular weight excluding hydrogens is 256 g/mol. The van der Waals surface area contributed by atoms with Crippen molar-refractivity contribution in [2.45, 2.75) is 0 Å². The van der Waals surface area contributed by atoms with Crippen LogP contribution in [0.5, 0.6) is 17.8 Å². The Morgan fingerprint density at radius 2 is 2.00 bits per heavy atom. The van der Waals surface area contributed by atoms with E-state index in [-0.39, 0.29) is 17.3 Å². The molecule has 7 heteroatoms. The van der Waals surface area contributed by atoms with Crippen molar-refractivity contribution in [1.29, 1.82) is 5.26 Å². The van der Waals surface area contributed by atoms with E-state index in [1.165, 1.54) is 7.11 Å². The highest BCUT2D eigenvalue weighted by molar-refractivity contribution is 6.28. The summed E-state index contributed by atoms with van der Waals surface area (Å²) in [6, 6.07) is 8.64. The monoisotopic (exact) mass is 262 g/mol. The van der Waals surface area contributed by atoms with Gasteiger partial charge in [0.1, 0.15) is 5.75 Å². The summed E-state index contributed by atoms with van der Waals surface area (Å²) in [6.45, 7) is 0. The van der Waals surface area contributed by atoms with Gasteiger partial charge in [0.25, 0.3) is 0 Å². The molecule has 0 bridgehead atoms. The van der Waals surface area contributed by atoms with Gasteiger partial charge in [-0.25, -0.2) is 0 Å². The van der Waals surface area contributed by atoms with Gasteiger partial charge in [-0.2, -0.15) is 15.2 Å². The topological polar surface area (TPSA) is 80.9 Å². The van der Waals surface area contributed by atoms with E-state index in [1.807, 2.05) is 6.07 Å². The molecule has 0 amide bonds. The molecule has 2 aromatic rings. The van der Waals surface area contributed by atoms with Crippen molar-refractivity contribution < 1.29 is 9.47 Å². The molecule has 0 radical (unpaired) electrons. The first kappa shape index (κ1) is 12.1. The van der Waals surface area contributed by atoms with Crippen molar-refractivity contribution in [3.05, 3.63) is 35.1 Å². The van der Waals surface area contributed by atoms with Crippen molar-refractivity contribution in [1.82, 2.24) is 15.0 Å². The highest BCUT2D eigenvalue weighted by Crippen LogP contribution is 2.21. The third-order valence-corrected chi connectivity index (χ3v) is 2.09. The molecule has 0 fully saturated rings. The number of aromatic nitrogens is 3. The number of hydrogen-bond donors (Lipinski definition) is 0. The van der Waals surface area contributed by atoms with Crippen LogP contribution in [0.25, 0.3) is 0 Å². The molecule has 6 nitrogen and oxygen atoms in total. The molecule has 0 aliphatic rings. The molecule has 0 saturated carbocycles. The zero-order chi connectivity index (χ0) is 13.0. The maximum Gasteiger partial charge on any atom is 0.329 e. The van der Waals surface area contributed by atoms with E-state index in [0.717, 1.165) is 0 Å². The highest BCUT2D eigenvalue weighted by Gasteiger charge is 2.07. The van der Waals surface area contributed by atoms with Crippen molar-refractivity contribution in [3.8, 4) is 23.8 Å². The van der Waals surface area contributed by atoms with Crippen LogP contribution in [-0.2, 0) is 0 Å². The molecule has 1 aromatic heterocycles. The Kier molecular flexibility index (Phi) is 3.55. The number of hydrogen-bond acceptors (Lipinski definition) is 6. The van der Waals surface area contributed by atoms with Crippen LogP contribution in [0.15, 0.2) is 24.3 Å². The summed E-state index contributed by atoms with van der Waals surface area (Å²) in [7, 11) is 1.41. The number of rotatable bonds is 3. The van der Waals surface area contributed by atoms with Gasteiger partial charge in [0.15, 0.2) is 0 Å². The molecule has 0 spiro atoms. The maximum atomic E-state index is 8.77. The fourth-order valence-corrected chi connectivity index (χ4v) is 1.33. The zero-order valence-corrected chi connectivity index (χ0v) is 10.0. The van der Waals surface area contributed by atoms with Gasteiger partial charge in [0.2, 0.25) is 5.28 Å². The lowest BCUT2D eigenvalue weighted by atomic mass is 10.2. The number of benzene rings is 1. The largest absolute Gasteiger partial charge is 0.467 e. The Labute approximate surface area is 108 Å². The molecule has 2 rings (SSSR count). The lowest BCUT2D eigenvalue weighted by Gasteiger charge is -2.05. The summed E-state index contributed by atoms with van der Waals surface area (Å²) >= 11 is 5.68. The first-order chi connectivity index (χ1) is 8.71. The van der Waals surface area contributed by atoms with Crippen LogP contribution in [0, 0.1) is 11.3 Å². The fraction of sp³-hybridized carbons (Fsp3) is 0.0909. The Morgan fingerprint density at radius 3 is 2.72 bits per heavy atom. The van der Waals surface area contributed by atoms with Crippen molar-refractivity contribution in [2.24, 2.45) is 0 Å². The Balaban J connectivity index is 2.28. The maximum absolute atomic E-state index is 8.77. The number of nitrogens with zero attached hydrogens (tertiary/aromatic N) is 4. The third-order valence-electron chi connectivity index (χ3n) is 1.92. The lowest BCUT2D eigenvalue weighted by Crippen LogP contribution is -1.98. The van der Waals surface area contributed by atoms with Gasteiger partial charge < -0.3 is 9.47 Å². The van der Waals surface area contributed by atoms with Gasteiger partial charge in [-0.05, 0) is 29.8 Å². The fourth-order valence-electron chi connectivity index (χ4n) is 1.19. The second kappa shape index (κ2) is 5.29. The molecule has 0 N–H and O–H groups in total. The summed E-state index contributed by atoms with van der Waals surface area (Å²) in [6.07, 6.45) is 0. The molecule has 0 aliphatic carbocycles. The van der Waals surface area contributed by atoms with Crippen LogP contribution in [0.1, 0.15) is 5.56 Å². The number of ether oxygens (including phenoxy) is 2. The minimum atomic E-state index is -0.0340. The smallest absolute Gasteiger partial charge is 0.329 e. The van der Waals surface area contributed by atoms with Gasteiger partial charge >= 0.3 is 12.0 Å². The van der Waals surface area contributed by atoms with E-state index in [9.17, 15) is 0 Å². The minimum Gasteiger partial charge on any atom is -0.467 e. The number of methoxy groups -OCH3 is 1. The van der Waals surface area contributed by atoms with Gasteiger partial charge in [0, 0.05) is 0 Å². The standard InChI is InChI=1S/C11H7ClN4O2/c1-17-10-14-9(12)15-11(16-10)18-8-4-2-3-7(5-8)6-13/h2-5H,1H3. The third kappa shape index (κ3) is 2.84. The summed E-state index contributed by atoms with van der Waals surface area (Å²) in [4.78, 5) is 11.4. The minimum absolute atomic E-state index is 0.00180. The second-order valence-electron chi connectivity index (χ2n) is 3.12. The lowest BCUT2D eigenvalue weighted by molar-refractivity contribution is 0.359. The first-order valence-corrected chi connectivity index (χ1v) is 5.22. The molecule has 0 saturated heterocycles. The molecule has 0 unspecified atom stereocenters. The number of halogens is 1. The molecule has 0 aliphatic heterocycles. The SMILES string of the molecule is COc1nc(Cl)nc(Oc2cccc(C#N)c2)n1. The number of nitriles is 1. The average molecular weight is 263 g/mol. The molecular formula is C11H7ClN4O2. The van der Waals surface area contributed by atoms with E-state index < -0.39 is 0 Å². The normalized spacial score (nSPS) is 9.61. The van der Waals surface area contributed by atoms with Crippen LogP contribution < -0.4 is 9.47 Å². The van der Waals surface area contributed by atoms with Crippen LogP contribution >= 0.6 is 11.6 Å². The van der Waals surface area contributed by atoms with Crippen molar-refractivity contribution in [3.63, 3.8) is 0 Å². The van der Waals surface area contributed by atoms with E-state index >= 15 is 0 Å². The van der Waals surface area contributed by atoms with Gasteiger partial charge in [-0.3, -0.25) is 0 Å². The van der Waals surface area contributed by atoms with Crippen molar-refractivity contribution in [2.75, 3.05) is 7.11 Å². The molecule has 1 aromatic carbocycles. The van der Waals surface area contributed by atoms with Crippen molar-refractivity contribution >= 4 is 11.6 Å². The summed E-state index contributed by atoms with van der Waals surface area (Å²) in [5.41, 5.74) is 0.472. The Morgan fingerprint density at radius 1 is 1.22 bits per heavy atom. The molecule has 18 heavy (non-hydrogen) atoms. The van der Waals surface area contributed by atoms with E-state index in [2.05, 4.69) is 15.0 Å². The van der Waals surface area contributed by atoms with Crippen LogP contribution in [0.4, 0.5) is 0 Å². The van der Waals surface area contributed by atoms with E-state index in [4.69, 9.17) is 26.3 Å². The summed E-state index contributed by atoms with van der Waals surface area (Å²) < 4.78 is 10.2. The van der Waals surface area contributed by atoms with Crippen LogP contribution in [0.2, 0.25) is 5.28 Å². The first-order valence-electron chi connectivity index (χ1n) is 4.85.